The molecule has 176 valence electrons. The molecule has 0 saturated carbocycles. The van der Waals surface area contributed by atoms with Crippen molar-refractivity contribution in [3.63, 3.8) is 0 Å². The van der Waals surface area contributed by atoms with E-state index in [2.05, 4.69) is 24.1 Å². The lowest BCUT2D eigenvalue weighted by atomic mass is 10.0. The third kappa shape index (κ3) is 6.48. The molecule has 0 aliphatic heterocycles. The van der Waals surface area contributed by atoms with Gasteiger partial charge in [0.2, 0.25) is 15.9 Å². The van der Waals surface area contributed by atoms with Crippen LogP contribution in [0.5, 0.6) is 5.88 Å². The van der Waals surface area contributed by atoms with Gasteiger partial charge in [0.05, 0.1) is 17.7 Å². The molecule has 7 nitrogen and oxygen atoms in total. The van der Waals surface area contributed by atoms with Gasteiger partial charge >= 0.3 is 6.09 Å². The number of hydrogen-bond donors (Lipinski definition) is 2. The predicted molar refractivity (Wildman–Crippen MR) is 124 cm³/mol. The first-order chi connectivity index (χ1) is 15.4. The van der Waals surface area contributed by atoms with Gasteiger partial charge in [0, 0.05) is 5.56 Å². The number of rotatable bonds is 7. The number of anilines is 1. The highest BCUT2D eigenvalue weighted by Gasteiger charge is 2.19. The van der Waals surface area contributed by atoms with Crippen LogP contribution in [0, 0.1) is 11.6 Å². The van der Waals surface area contributed by atoms with Crippen molar-refractivity contribution in [2.45, 2.75) is 32.7 Å². The Morgan fingerprint density at radius 3 is 2.36 bits per heavy atom. The van der Waals surface area contributed by atoms with E-state index in [1.165, 1.54) is 18.3 Å². The van der Waals surface area contributed by atoms with Crippen LogP contribution in [0.1, 0.15) is 43.9 Å². The zero-order valence-electron chi connectivity index (χ0n) is 18.3. The summed E-state index contributed by atoms with van der Waals surface area (Å²) < 4.78 is 57.9. The molecule has 3 rings (SSSR count). The van der Waals surface area contributed by atoms with Crippen molar-refractivity contribution in [2.75, 3.05) is 11.0 Å². The second-order valence-corrected chi connectivity index (χ2v) is 10.4. The summed E-state index contributed by atoms with van der Waals surface area (Å²) in [5, 5.41) is 4.75. The second-order valence-electron chi connectivity index (χ2n) is 7.76. The van der Waals surface area contributed by atoms with E-state index in [0.717, 1.165) is 29.5 Å². The molecule has 33 heavy (non-hydrogen) atoms. The number of carbonyl (C=O) groups is 1. The molecular weight excluding hydrogens is 472 g/mol. The summed E-state index contributed by atoms with van der Waals surface area (Å²) >= 11 is 1.32. The van der Waals surface area contributed by atoms with Gasteiger partial charge in [0.25, 0.3) is 0 Å². The van der Waals surface area contributed by atoms with E-state index in [9.17, 15) is 22.0 Å². The van der Waals surface area contributed by atoms with E-state index in [1.807, 2.05) is 24.3 Å². The van der Waals surface area contributed by atoms with Crippen molar-refractivity contribution in [1.82, 2.24) is 10.3 Å². The van der Waals surface area contributed by atoms with E-state index in [0.29, 0.717) is 10.9 Å². The summed E-state index contributed by atoms with van der Waals surface area (Å²) in [6.45, 7) is 5.69. The molecule has 11 heteroatoms. The number of sulfonamides is 1. The van der Waals surface area contributed by atoms with Crippen molar-refractivity contribution in [3.05, 3.63) is 64.5 Å². The van der Waals surface area contributed by atoms with Gasteiger partial charge in [-0.1, -0.05) is 32.0 Å². The molecule has 0 bridgehead atoms. The maximum Gasteiger partial charge on any atom is 0.414 e. The lowest BCUT2D eigenvalue weighted by Crippen LogP contribution is -2.29. The van der Waals surface area contributed by atoms with Crippen molar-refractivity contribution in [1.29, 1.82) is 0 Å². The minimum absolute atomic E-state index is 0.0884. The molecule has 1 aromatic heterocycles. The SMILES string of the molecule is CC(C)c1cccc(-c2nc(OC(=O)NC(C)c3cc(F)c(NS(C)(=O)=O)c(F)c3)cs2)c1. The minimum Gasteiger partial charge on any atom is -0.390 e. The number of thiazole rings is 1. The summed E-state index contributed by atoms with van der Waals surface area (Å²) in [6.07, 6.45) is -0.0697. The van der Waals surface area contributed by atoms with E-state index in [1.54, 1.807) is 10.1 Å². The average Bonchev–Trinajstić information content (AvgIpc) is 3.18. The predicted octanol–water partition coefficient (Wildman–Crippen LogP) is 5.43. The van der Waals surface area contributed by atoms with E-state index in [4.69, 9.17) is 4.74 Å². The Kier molecular flexibility index (Phi) is 7.33. The summed E-state index contributed by atoms with van der Waals surface area (Å²) in [5.74, 6) is -1.76. The highest BCUT2D eigenvalue weighted by molar-refractivity contribution is 7.92. The molecule has 0 fully saturated rings. The lowest BCUT2D eigenvalue weighted by Gasteiger charge is -2.15. The molecule has 1 unspecified atom stereocenters. The number of benzene rings is 2. The number of hydrogen-bond acceptors (Lipinski definition) is 6. The Morgan fingerprint density at radius 2 is 1.76 bits per heavy atom. The number of aromatic nitrogens is 1. The smallest absolute Gasteiger partial charge is 0.390 e. The standard InChI is InChI=1S/C22H23F2N3O4S2/c1-12(2)14-6-5-7-15(8-14)21-26-19(11-32-21)31-22(28)25-13(3)16-9-17(23)20(18(24)10-16)27-33(4,29)30/h5-13,27H,1-4H3,(H,25,28). The van der Waals surface area contributed by atoms with Gasteiger partial charge in [-0.3, -0.25) is 4.72 Å². The molecular formula is C22H23F2N3O4S2. The van der Waals surface area contributed by atoms with Crippen LogP contribution >= 0.6 is 11.3 Å². The molecule has 3 aromatic rings. The van der Waals surface area contributed by atoms with Gasteiger partial charge in [0.1, 0.15) is 10.7 Å². The van der Waals surface area contributed by atoms with Crippen LogP contribution in [0.15, 0.2) is 41.8 Å². The largest absolute Gasteiger partial charge is 0.414 e. The number of halogens is 2. The molecule has 1 heterocycles. The van der Waals surface area contributed by atoms with Crippen LogP contribution in [-0.2, 0) is 10.0 Å². The van der Waals surface area contributed by atoms with Gasteiger partial charge in [-0.2, -0.15) is 0 Å². The second kappa shape index (κ2) is 9.84. The Morgan fingerprint density at radius 1 is 1.09 bits per heavy atom. The fourth-order valence-electron chi connectivity index (χ4n) is 2.98. The summed E-state index contributed by atoms with van der Waals surface area (Å²) in [4.78, 5) is 16.6. The van der Waals surface area contributed by atoms with Gasteiger partial charge in [-0.05, 0) is 42.2 Å². The molecule has 1 amide bonds. The van der Waals surface area contributed by atoms with Crippen LogP contribution in [0.2, 0.25) is 0 Å². The maximum absolute atomic E-state index is 14.2. The van der Waals surface area contributed by atoms with Crippen LogP contribution in [0.25, 0.3) is 10.6 Å². The number of nitrogens with zero attached hydrogens (tertiary/aromatic N) is 1. The molecule has 0 spiro atoms. The Labute approximate surface area is 194 Å². The quantitative estimate of drug-likeness (QED) is 0.455. The van der Waals surface area contributed by atoms with Crippen molar-refractivity contribution < 1.29 is 26.7 Å². The van der Waals surface area contributed by atoms with Crippen molar-refractivity contribution in [3.8, 4) is 16.5 Å². The number of carbonyl (C=O) groups excluding carboxylic acids is 1. The Hall–Kier alpha value is -3.05. The van der Waals surface area contributed by atoms with Crippen molar-refractivity contribution >= 4 is 33.1 Å². The normalized spacial score (nSPS) is 12.5. The molecule has 0 aliphatic carbocycles. The highest BCUT2D eigenvalue weighted by atomic mass is 32.2. The number of nitrogens with one attached hydrogen (secondary N) is 2. The zero-order valence-corrected chi connectivity index (χ0v) is 20.0. The van der Waals surface area contributed by atoms with Gasteiger partial charge < -0.3 is 10.1 Å². The van der Waals surface area contributed by atoms with E-state index >= 15 is 0 Å². The number of amides is 1. The third-order valence-electron chi connectivity index (χ3n) is 4.67. The first-order valence-corrected chi connectivity index (χ1v) is 12.7. The van der Waals surface area contributed by atoms with Crippen LogP contribution in [0.4, 0.5) is 19.3 Å². The molecule has 2 aromatic carbocycles. The zero-order chi connectivity index (χ0) is 24.3. The summed E-state index contributed by atoms with van der Waals surface area (Å²) in [5.41, 5.74) is 1.37. The fourth-order valence-corrected chi connectivity index (χ4v) is 4.26. The number of ether oxygens (including phenoxy) is 1. The molecule has 2 N–H and O–H groups in total. The Bertz CT molecular complexity index is 1250. The molecule has 1 atom stereocenters. The molecule has 0 radical (unpaired) electrons. The van der Waals surface area contributed by atoms with Crippen LogP contribution in [0.3, 0.4) is 0 Å². The first kappa shape index (κ1) is 24.6. The summed E-state index contributed by atoms with van der Waals surface area (Å²) in [6, 6.07) is 8.96. The lowest BCUT2D eigenvalue weighted by molar-refractivity contribution is 0.195. The van der Waals surface area contributed by atoms with E-state index in [-0.39, 0.29) is 11.4 Å². The fraction of sp³-hybridized carbons (Fsp3) is 0.273. The van der Waals surface area contributed by atoms with Crippen molar-refractivity contribution in [2.24, 2.45) is 0 Å². The van der Waals surface area contributed by atoms with Crippen LogP contribution < -0.4 is 14.8 Å². The van der Waals surface area contributed by atoms with E-state index < -0.39 is 39.5 Å². The minimum atomic E-state index is -3.86. The molecule has 0 saturated heterocycles. The summed E-state index contributed by atoms with van der Waals surface area (Å²) in [7, 11) is -3.86. The monoisotopic (exact) mass is 495 g/mol. The van der Waals surface area contributed by atoms with Gasteiger partial charge in [-0.15, -0.1) is 11.3 Å². The van der Waals surface area contributed by atoms with Gasteiger partial charge in [-0.25, -0.2) is 27.0 Å². The maximum atomic E-state index is 14.2. The van der Waals surface area contributed by atoms with Gasteiger partial charge in [0.15, 0.2) is 11.6 Å². The average molecular weight is 496 g/mol. The topological polar surface area (TPSA) is 97.4 Å². The molecule has 0 aliphatic rings. The highest BCUT2D eigenvalue weighted by Crippen LogP contribution is 2.30. The Balaban J connectivity index is 1.67. The first-order valence-electron chi connectivity index (χ1n) is 9.94. The van der Waals surface area contributed by atoms with Crippen LogP contribution in [-0.4, -0.2) is 25.8 Å². The third-order valence-corrected chi connectivity index (χ3v) is 6.11.